The molecular formula is C15H18O9. The summed E-state index contributed by atoms with van der Waals surface area (Å²) in [6.07, 6.45) is 0. The smallest absolute Gasteiger partial charge is 0.355 e. The Morgan fingerprint density at radius 1 is 0.917 bits per heavy atom. The highest BCUT2D eigenvalue weighted by Gasteiger charge is 2.42. The van der Waals surface area contributed by atoms with E-state index in [0.29, 0.717) is 0 Å². The van der Waals surface area contributed by atoms with E-state index in [-0.39, 0.29) is 19.8 Å². The van der Waals surface area contributed by atoms with Crippen molar-refractivity contribution in [2.24, 2.45) is 0 Å². The zero-order valence-corrected chi connectivity index (χ0v) is 13.8. The molecule has 0 amide bonds. The van der Waals surface area contributed by atoms with Crippen LogP contribution in [0.2, 0.25) is 0 Å². The van der Waals surface area contributed by atoms with E-state index in [2.05, 4.69) is 0 Å². The van der Waals surface area contributed by atoms with Crippen LogP contribution < -0.4 is 0 Å². The molecule has 0 aromatic rings. The van der Waals surface area contributed by atoms with Crippen LogP contribution in [0.25, 0.3) is 0 Å². The minimum atomic E-state index is -1.11. The Morgan fingerprint density at radius 2 is 1.42 bits per heavy atom. The molecule has 0 aromatic carbocycles. The first kappa shape index (κ1) is 19.2. The van der Waals surface area contributed by atoms with E-state index < -0.39 is 46.5 Å². The summed E-state index contributed by atoms with van der Waals surface area (Å²) < 4.78 is 24.1. The molecule has 0 atom stereocenters. The highest BCUT2D eigenvalue weighted by atomic mass is 16.6. The minimum Gasteiger partial charge on any atom is -0.492 e. The van der Waals surface area contributed by atoms with Crippen molar-refractivity contribution in [3.8, 4) is 0 Å². The van der Waals surface area contributed by atoms with Crippen molar-refractivity contribution in [2.45, 2.75) is 20.8 Å². The van der Waals surface area contributed by atoms with Crippen molar-refractivity contribution in [1.29, 1.82) is 0 Å². The van der Waals surface area contributed by atoms with Gasteiger partial charge >= 0.3 is 23.9 Å². The first-order valence-electron chi connectivity index (χ1n) is 7.19. The molecule has 0 bridgehead atoms. The third-order valence-corrected chi connectivity index (χ3v) is 2.70. The number of methoxy groups -OCH3 is 1. The van der Waals surface area contributed by atoms with Gasteiger partial charge in [-0.1, -0.05) is 0 Å². The maximum atomic E-state index is 12.1. The van der Waals surface area contributed by atoms with Crippen LogP contribution in [0.4, 0.5) is 0 Å². The van der Waals surface area contributed by atoms with Gasteiger partial charge in [-0.25, -0.2) is 19.2 Å². The van der Waals surface area contributed by atoms with E-state index in [1.165, 1.54) is 13.8 Å². The molecule has 24 heavy (non-hydrogen) atoms. The summed E-state index contributed by atoms with van der Waals surface area (Å²) in [6, 6.07) is 0. The van der Waals surface area contributed by atoms with Crippen LogP contribution in [0.1, 0.15) is 20.8 Å². The fourth-order valence-corrected chi connectivity index (χ4v) is 1.81. The average Bonchev–Trinajstić information content (AvgIpc) is 2.84. The van der Waals surface area contributed by atoms with Gasteiger partial charge in [-0.15, -0.1) is 0 Å². The fraction of sp³-hybridized carbons (Fsp3) is 0.467. The summed E-state index contributed by atoms with van der Waals surface area (Å²) in [4.78, 5) is 47.9. The summed E-state index contributed by atoms with van der Waals surface area (Å²) >= 11 is 0. The molecule has 0 N–H and O–H groups in total. The molecule has 0 spiro atoms. The predicted molar refractivity (Wildman–Crippen MR) is 77.1 cm³/mol. The van der Waals surface area contributed by atoms with Gasteiger partial charge < -0.3 is 23.7 Å². The van der Waals surface area contributed by atoms with Gasteiger partial charge in [-0.3, -0.25) is 0 Å². The Balaban J connectivity index is 3.51. The van der Waals surface area contributed by atoms with Crippen LogP contribution in [0.5, 0.6) is 0 Å². The highest BCUT2D eigenvalue weighted by Crippen LogP contribution is 2.31. The lowest BCUT2D eigenvalue weighted by Crippen LogP contribution is -2.21. The van der Waals surface area contributed by atoms with Crippen molar-refractivity contribution in [1.82, 2.24) is 0 Å². The molecule has 1 heterocycles. The lowest BCUT2D eigenvalue weighted by molar-refractivity contribution is -0.147. The summed E-state index contributed by atoms with van der Waals surface area (Å²) in [5, 5.41) is 0. The monoisotopic (exact) mass is 342 g/mol. The molecule has 9 heteroatoms. The van der Waals surface area contributed by atoms with E-state index in [4.69, 9.17) is 23.7 Å². The van der Waals surface area contributed by atoms with E-state index in [0.717, 1.165) is 7.11 Å². The van der Waals surface area contributed by atoms with Crippen LogP contribution in [0, 0.1) is 0 Å². The first-order valence-corrected chi connectivity index (χ1v) is 7.19. The second-order valence-electron chi connectivity index (χ2n) is 4.16. The van der Waals surface area contributed by atoms with Gasteiger partial charge in [0.15, 0.2) is 22.7 Å². The molecule has 1 rings (SSSR count). The standard InChI is InChI=1S/C15H18O9/c1-5-21-12(16)8-10(20-4)11(24-15(8)19)9(13(17)22-6-2)14(18)23-7-3/h5-7H2,1-4H3. The number of carbonyl (C=O) groups is 4. The van der Waals surface area contributed by atoms with Gasteiger partial charge in [0.25, 0.3) is 0 Å². The number of cyclic esters (lactones) is 1. The number of carbonyl (C=O) groups excluding carboxylic acids is 4. The Labute approximate surface area is 138 Å². The Kier molecular flexibility index (Phi) is 6.97. The fourth-order valence-electron chi connectivity index (χ4n) is 1.81. The second kappa shape index (κ2) is 8.70. The summed E-state index contributed by atoms with van der Waals surface area (Å²) in [5.41, 5.74) is -1.23. The normalized spacial score (nSPS) is 13.3. The summed E-state index contributed by atoms with van der Waals surface area (Å²) in [5.74, 6) is -5.18. The third-order valence-electron chi connectivity index (χ3n) is 2.70. The molecule has 132 valence electrons. The topological polar surface area (TPSA) is 114 Å². The number of hydrogen-bond donors (Lipinski definition) is 0. The zero-order chi connectivity index (χ0) is 18.3. The van der Waals surface area contributed by atoms with Crippen molar-refractivity contribution in [3.63, 3.8) is 0 Å². The van der Waals surface area contributed by atoms with Gasteiger partial charge in [0, 0.05) is 0 Å². The molecule has 0 saturated carbocycles. The van der Waals surface area contributed by atoms with E-state index in [9.17, 15) is 19.2 Å². The van der Waals surface area contributed by atoms with Gasteiger partial charge in [-0.2, -0.15) is 0 Å². The van der Waals surface area contributed by atoms with Crippen LogP contribution in [-0.2, 0) is 42.9 Å². The Bertz CT molecular complexity index is 592. The second-order valence-corrected chi connectivity index (χ2v) is 4.16. The SMILES string of the molecule is CCOC(=O)C1=C(OC)C(=C(C(=O)OCC)C(=O)OCC)OC1=O. The molecule has 0 fully saturated rings. The largest absolute Gasteiger partial charge is 0.492 e. The molecule has 0 aliphatic carbocycles. The van der Waals surface area contributed by atoms with Crippen molar-refractivity contribution in [2.75, 3.05) is 26.9 Å². The summed E-state index contributed by atoms with van der Waals surface area (Å²) in [7, 11) is 1.14. The average molecular weight is 342 g/mol. The van der Waals surface area contributed by atoms with Crippen molar-refractivity contribution in [3.05, 3.63) is 22.7 Å². The van der Waals surface area contributed by atoms with Gasteiger partial charge in [0.2, 0.25) is 0 Å². The van der Waals surface area contributed by atoms with Crippen LogP contribution >= 0.6 is 0 Å². The van der Waals surface area contributed by atoms with Gasteiger partial charge in [-0.05, 0) is 20.8 Å². The van der Waals surface area contributed by atoms with Crippen LogP contribution in [0.3, 0.4) is 0 Å². The minimum absolute atomic E-state index is 0.00820. The zero-order valence-electron chi connectivity index (χ0n) is 13.8. The number of rotatable bonds is 7. The molecule has 0 unspecified atom stereocenters. The van der Waals surface area contributed by atoms with Crippen LogP contribution in [0.15, 0.2) is 22.7 Å². The first-order chi connectivity index (χ1) is 11.4. The van der Waals surface area contributed by atoms with E-state index in [1.54, 1.807) is 6.92 Å². The predicted octanol–water partition coefficient (Wildman–Crippen LogP) is 0.387. The molecule has 1 aliphatic rings. The quantitative estimate of drug-likeness (QED) is 0.213. The lowest BCUT2D eigenvalue weighted by atomic mass is 10.1. The Hall–Kier alpha value is -2.84. The maximum absolute atomic E-state index is 12.1. The lowest BCUT2D eigenvalue weighted by Gasteiger charge is -2.10. The third kappa shape index (κ3) is 3.92. The Morgan fingerprint density at radius 3 is 1.83 bits per heavy atom. The van der Waals surface area contributed by atoms with Gasteiger partial charge in [0.1, 0.15) is 0 Å². The molecule has 0 radical (unpaired) electrons. The molecule has 0 aromatic heterocycles. The van der Waals surface area contributed by atoms with Crippen molar-refractivity contribution >= 4 is 23.9 Å². The number of esters is 4. The highest BCUT2D eigenvalue weighted by molar-refractivity contribution is 6.20. The van der Waals surface area contributed by atoms with E-state index >= 15 is 0 Å². The van der Waals surface area contributed by atoms with Gasteiger partial charge in [0.05, 0.1) is 26.9 Å². The number of hydrogen-bond acceptors (Lipinski definition) is 9. The van der Waals surface area contributed by atoms with Crippen molar-refractivity contribution < 1.29 is 42.9 Å². The molecule has 0 saturated heterocycles. The molecule has 9 nitrogen and oxygen atoms in total. The molecule has 1 aliphatic heterocycles. The summed E-state index contributed by atoms with van der Waals surface area (Å²) in [6.45, 7) is 4.56. The maximum Gasteiger partial charge on any atom is 0.355 e. The number of ether oxygens (including phenoxy) is 5. The van der Waals surface area contributed by atoms with E-state index in [1.807, 2.05) is 0 Å². The van der Waals surface area contributed by atoms with Crippen LogP contribution in [-0.4, -0.2) is 50.8 Å². The molecular weight excluding hydrogens is 324 g/mol.